The molecule has 1 aromatic rings. The Balaban J connectivity index is 1.95. The molecule has 1 aliphatic rings. The van der Waals surface area contributed by atoms with E-state index < -0.39 is 10.0 Å². The zero-order valence-corrected chi connectivity index (χ0v) is 12.2. The molecule has 19 heavy (non-hydrogen) atoms. The number of nitrogen functional groups attached to an aromatic ring is 1. The van der Waals surface area contributed by atoms with Crippen LogP contribution >= 0.6 is 0 Å². The SMILES string of the molecule is Cc1ccc(S(=O)(=O)NCCC2CCCC2)cc1N. The van der Waals surface area contributed by atoms with Gasteiger partial charge in [0.05, 0.1) is 4.90 Å². The third-order valence-corrected chi connectivity index (χ3v) is 5.34. The van der Waals surface area contributed by atoms with Crippen molar-refractivity contribution in [3.63, 3.8) is 0 Å². The lowest BCUT2D eigenvalue weighted by molar-refractivity contribution is 0.495. The van der Waals surface area contributed by atoms with Crippen molar-refractivity contribution < 1.29 is 8.42 Å². The van der Waals surface area contributed by atoms with Crippen LogP contribution in [0.5, 0.6) is 0 Å². The maximum absolute atomic E-state index is 12.1. The van der Waals surface area contributed by atoms with Crippen molar-refractivity contribution in [2.45, 2.75) is 43.9 Å². The Hall–Kier alpha value is -1.07. The molecule has 3 N–H and O–H groups in total. The minimum absolute atomic E-state index is 0.252. The molecule has 0 aliphatic heterocycles. The van der Waals surface area contributed by atoms with Gasteiger partial charge in [-0.3, -0.25) is 0 Å². The number of anilines is 1. The minimum Gasteiger partial charge on any atom is -0.398 e. The zero-order valence-electron chi connectivity index (χ0n) is 11.4. The fourth-order valence-electron chi connectivity index (χ4n) is 2.57. The Morgan fingerprint density at radius 1 is 1.32 bits per heavy atom. The summed E-state index contributed by atoms with van der Waals surface area (Å²) in [4.78, 5) is 0.252. The van der Waals surface area contributed by atoms with Crippen LogP contribution in [0, 0.1) is 12.8 Å². The first-order valence-corrected chi connectivity index (χ1v) is 8.33. The zero-order chi connectivity index (χ0) is 13.9. The van der Waals surface area contributed by atoms with Crippen LogP contribution in [0.1, 0.15) is 37.7 Å². The molecule has 1 saturated carbocycles. The van der Waals surface area contributed by atoms with E-state index in [1.54, 1.807) is 12.1 Å². The molecule has 0 bridgehead atoms. The van der Waals surface area contributed by atoms with E-state index in [4.69, 9.17) is 5.73 Å². The van der Waals surface area contributed by atoms with Crippen molar-refractivity contribution in [3.8, 4) is 0 Å². The number of sulfonamides is 1. The first-order chi connectivity index (χ1) is 8.99. The van der Waals surface area contributed by atoms with Crippen LogP contribution < -0.4 is 10.5 Å². The largest absolute Gasteiger partial charge is 0.398 e. The first kappa shape index (κ1) is 14.3. The van der Waals surface area contributed by atoms with Gasteiger partial charge in [0.15, 0.2) is 0 Å². The van der Waals surface area contributed by atoms with E-state index in [0.717, 1.165) is 12.0 Å². The van der Waals surface area contributed by atoms with Gasteiger partial charge >= 0.3 is 0 Å². The van der Waals surface area contributed by atoms with Gasteiger partial charge in [0.1, 0.15) is 0 Å². The summed E-state index contributed by atoms with van der Waals surface area (Å²) in [5.41, 5.74) is 7.16. The average Bonchev–Trinajstić information content (AvgIpc) is 2.85. The van der Waals surface area contributed by atoms with Crippen LogP contribution in [0.3, 0.4) is 0 Å². The van der Waals surface area contributed by atoms with Gasteiger partial charge in [-0.1, -0.05) is 31.7 Å². The van der Waals surface area contributed by atoms with Crippen LogP contribution in [0.4, 0.5) is 5.69 Å². The fourth-order valence-corrected chi connectivity index (χ4v) is 3.65. The summed E-state index contributed by atoms with van der Waals surface area (Å²) in [7, 11) is -3.42. The highest BCUT2D eigenvalue weighted by Gasteiger charge is 2.18. The summed E-state index contributed by atoms with van der Waals surface area (Å²) in [6, 6.07) is 4.86. The second kappa shape index (κ2) is 5.92. The van der Waals surface area contributed by atoms with Gasteiger partial charge in [0.25, 0.3) is 0 Å². The number of hydrogen-bond acceptors (Lipinski definition) is 3. The van der Waals surface area contributed by atoms with Crippen molar-refractivity contribution in [3.05, 3.63) is 23.8 Å². The molecule has 0 radical (unpaired) electrons. The molecule has 0 saturated heterocycles. The minimum atomic E-state index is -3.42. The van der Waals surface area contributed by atoms with Crippen molar-refractivity contribution in [1.29, 1.82) is 0 Å². The van der Waals surface area contributed by atoms with E-state index in [2.05, 4.69) is 4.72 Å². The number of nitrogens with two attached hydrogens (primary N) is 1. The van der Waals surface area contributed by atoms with Crippen molar-refractivity contribution >= 4 is 15.7 Å². The maximum atomic E-state index is 12.1. The fraction of sp³-hybridized carbons (Fsp3) is 0.571. The van der Waals surface area contributed by atoms with Crippen LogP contribution in [-0.2, 0) is 10.0 Å². The molecule has 5 heteroatoms. The third-order valence-electron chi connectivity index (χ3n) is 3.88. The van der Waals surface area contributed by atoms with Crippen molar-refractivity contribution in [2.75, 3.05) is 12.3 Å². The lowest BCUT2D eigenvalue weighted by Gasteiger charge is -2.11. The van der Waals surface area contributed by atoms with Gasteiger partial charge in [-0.05, 0) is 37.0 Å². The van der Waals surface area contributed by atoms with Crippen LogP contribution in [-0.4, -0.2) is 15.0 Å². The second-order valence-corrected chi connectivity index (χ2v) is 7.12. The number of hydrogen-bond donors (Lipinski definition) is 2. The molecular formula is C14H22N2O2S. The second-order valence-electron chi connectivity index (χ2n) is 5.36. The lowest BCUT2D eigenvalue weighted by Crippen LogP contribution is -2.26. The van der Waals surface area contributed by atoms with E-state index in [-0.39, 0.29) is 4.90 Å². The maximum Gasteiger partial charge on any atom is 0.240 e. The Kier molecular flexibility index (Phi) is 4.47. The Labute approximate surface area is 115 Å². The summed E-state index contributed by atoms with van der Waals surface area (Å²) in [5.74, 6) is 0.686. The van der Waals surface area contributed by atoms with Gasteiger partial charge in [-0.15, -0.1) is 0 Å². The van der Waals surface area contributed by atoms with E-state index >= 15 is 0 Å². The molecule has 106 valence electrons. The van der Waals surface area contributed by atoms with E-state index in [9.17, 15) is 8.42 Å². The smallest absolute Gasteiger partial charge is 0.240 e. The van der Waals surface area contributed by atoms with Gasteiger partial charge in [-0.25, -0.2) is 13.1 Å². The highest BCUT2D eigenvalue weighted by Crippen LogP contribution is 2.27. The molecule has 0 unspecified atom stereocenters. The monoisotopic (exact) mass is 282 g/mol. The standard InChI is InChI=1S/C14H22N2O2S/c1-11-6-7-13(10-14(11)15)19(17,18)16-9-8-12-4-2-3-5-12/h6-7,10,12,16H,2-5,8-9,15H2,1H3. The summed E-state index contributed by atoms with van der Waals surface area (Å²) < 4.78 is 26.9. The molecule has 0 atom stereocenters. The summed E-state index contributed by atoms with van der Waals surface area (Å²) in [5, 5.41) is 0. The molecule has 1 aromatic carbocycles. The Bertz CT molecular complexity index is 534. The molecule has 0 heterocycles. The average molecular weight is 282 g/mol. The number of benzene rings is 1. The number of aryl methyl sites for hydroxylation is 1. The van der Waals surface area contributed by atoms with Crippen LogP contribution in [0.25, 0.3) is 0 Å². The number of rotatable bonds is 5. The van der Waals surface area contributed by atoms with Gasteiger partial charge in [0.2, 0.25) is 10.0 Å². The summed E-state index contributed by atoms with van der Waals surface area (Å²) in [6.45, 7) is 2.38. The predicted molar refractivity (Wildman–Crippen MR) is 77.4 cm³/mol. The Morgan fingerprint density at radius 3 is 2.63 bits per heavy atom. The van der Waals surface area contributed by atoms with E-state index in [0.29, 0.717) is 18.2 Å². The van der Waals surface area contributed by atoms with Gasteiger partial charge in [0, 0.05) is 12.2 Å². The molecule has 4 nitrogen and oxygen atoms in total. The first-order valence-electron chi connectivity index (χ1n) is 6.85. The van der Waals surface area contributed by atoms with E-state index in [1.807, 2.05) is 6.92 Å². The Morgan fingerprint density at radius 2 is 2.00 bits per heavy atom. The third kappa shape index (κ3) is 3.70. The van der Waals surface area contributed by atoms with Crippen LogP contribution in [0.15, 0.2) is 23.1 Å². The molecule has 0 amide bonds. The highest BCUT2D eigenvalue weighted by atomic mass is 32.2. The molecule has 1 fully saturated rings. The normalized spacial score (nSPS) is 16.9. The molecule has 2 rings (SSSR count). The summed E-state index contributed by atoms with van der Waals surface area (Å²) >= 11 is 0. The van der Waals surface area contributed by atoms with Crippen molar-refractivity contribution in [1.82, 2.24) is 4.72 Å². The predicted octanol–water partition coefficient (Wildman–Crippen LogP) is 2.44. The van der Waals surface area contributed by atoms with Crippen LogP contribution in [0.2, 0.25) is 0 Å². The molecular weight excluding hydrogens is 260 g/mol. The topological polar surface area (TPSA) is 72.2 Å². The summed E-state index contributed by atoms with van der Waals surface area (Å²) in [6.07, 6.45) is 5.97. The van der Waals surface area contributed by atoms with E-state index in [1.165, 1.54) is 31.7 Å². The molecule has 0 spiro atoms. The highest BCUT2D eigenvalue weighted by molar-refractivity contribution is 7.89. The van der Waals surface area contributed by atoms with Crippen molar-refractivity contribution in [2.24, 2.45) is 5.92 Å². The molecule has 0 aromatic heterocycles. The van der Waals surface area contributed by atoms with Gasteiger partial charge < -0.3 is 5.73 Å². The lowest BCUT2D eigenvalue weighted by atomic mass is 10.1. The molecule has 1 aliphatic carbocycles. The van der Waals surface area contributed by atoms with Gasteiger partial charge in [-0.2, -0.15) is 0 Å². The number of nitrogens with one attached hydrogen (secondary N) is 1. The quantitative estimate of drug-likeness (QED) is 0.815.